The molecule has 2 N–H and O–H groups in total. The summed E-state index contributed by atoms with van der Waals surface area (Å²) in [5.74, 6) is 2.05. The number of aryl methyl sites for hydroxylation is 1. The van der Waals surface area contributed by atoms with E-state index in [0.717, 1.165) is 22.6 Å². The van der Waals surface area contributed by atoms with Crippen LogP contribution in [0.5, 0.6) is 5.75 Å². The lowest BCUT2D eigenvalue weighted by Crippen LogP contribution is -2.37. The van der Waals surface area contributed by atoms with Crippen molar-refractivity contribution < 1.29 is 9.47 Å². The maximum Gasteiger partial charge on any atom is 0.250 e. The van der Waals surface area contributed by atoms with Crippen LogP contribution in [-0.4, -0.2) is 54.6 Å². The first-order chi connectivity index (χ1) is 15.6. The molecule has 0 radical (unpaired) electrons. The minimum Gasteiger partial charge on any atom is -0.497 e. The number of nitrogens with one attached hydrogen (secondary N) is 2. The number of benzene rings is 2. The molecule has 2 aromatic carbocycles. The van der Waals surface area contributed by atoms with Gasteiger partial charge >= 0.3 is 0 Å². The SMILES string of the molecule is COc1ccc(/C=N\Nc2nc(Nc3ccc(C)c(Cl)c3)nc(N3CCOCC3)n2)cc1. The molecule has 1 saturated heterocycles. The molecule has 1 aliphatic rings. The Morgan fingerprint density at radius 1 is 1.06 bits per heavy atom. The Bertz CT molecular complexity index is 1090. The molecule has 1 aliphatic heterocycles. The average molecular weight is 454 g/mol. The van der Waals surface area contributed by atoms with Crippen molar-refractivity contribution in [3.63, 3.8) is 0 Å². The van der Waals surface area contributed by atoms with E-state index in [1.54, 1.807) is 13.3 Å². The summed E-state index contributed by atoms with van der Waals surface area (Å²) >= 11 is 6.26. The summed E-state index contributed by atoms with van der Waals surface area (Å²) in [7, 11) is 1.63. The average Bonchev–Trinajstić information content (AvgIpc) is 2.82. The molecular formula is C22H24ClN7O2. The number of aromatic nitrogens is 3. The second-order valence-corrected chi connectivity index (χ2v) is 7.52. The molecule has 166 valence electrons. The van der Waals surface area contributed by atoms with Crippen LogP contribution >= 0.6 is 11.6 Å². The molecule has 9 nitrogen and oxygen atoms in total. The van der Waals surface area contributed by atoms with E-state index in [2.05, 4.69) is 35.7 Å². The number of morpholine rings is 1. The molecular weight excluding hydrogens is 430 g/mol. The van der Waals surface area contributed by atoms with E-state index >= 15 is 0 Å². The zero-order chi connectivity index (χ0) is 22.3. The first kappa shape index (κ1) is 21.8. The molecule has 0 bridgehead atoms. The molecule has 0 saturated carbocycles. The van der Waals surface area contributed by atoms with Gasteiger partial charge in [-0.3, -0.25) is 0 Å². The molecule has 0 unspecified atom stereocenters. The fraction of sp³-hybridized carbons (Fsp3) is 0.273. The van der Waals surface area contributed by atoms with Crippen LogP contribution < -0.4 is 20.4 Å². The lowest BCUT2D eigenvalue weighted by molar-refractivity contribution is 0.122. The van der Waals surface area contributed by atoms with Gasteiger partial charge in [-0.05, 0) is 54.4 Å². The van der Waals surface area contributed by atoms with Crippen molar-refractivity contribution in [3.8, 4) is 5.75 Å². The Morgan fingerprint density at radius 2 is 1.81 bits per heavy atom. The molecule has 2 heterocycles. The van der Waals surface area contributed by atoms with Crippen molar-refractivity contribution in [1.29, 1.82) is 0 Å². The lowest BCUT2D eigenvalue weighted by Gasteiger charge is -2.27. The Morgan fingerprint density at radius 3 is 2.53 bits per heavy atom. The third kappa shape index (κ3) is 5.63. The van der Waals surface area contributed by atoms with Crippen molar-refractivity contribution in [2.45, 2.75) is 6.92 Å². The van der Waals surface area contributed by atoms with E-state index in [1.807, 2.05) is 49.4 Å². The first-order valence-corrected chi connectivity index (χ1v) is 10.5. The van der Waals surface area contributed by atoms with Gasteiger partial charge < -0.3 is 19.7 Å². The van der Waals surface area contributed by atoms with E-state index < -0.39 is 0 Å². The van der Waals surface area contributed by atoms with Crippen LogP contribution in [0.3, 0.4) is 0 Å². The monoisotopic (exact) mass is 453 g/mol. The zero-order valence-electron chi connectivity index (χ0n) is 17.9. The van der Waals surface area contributed by atoms with Crippen molar-refractivity contribution in [2.24, 2.45) is 5.10 Å². The van der Waals surface area contributed by atoms with Crippen molar-refractivity contribution in [2.75, 3.05) is 49.1 Å². The fourth-order valence-electron chi connectivity index (χ4n) is 3.03. The maximum absolute atomic E-state index is 6.26. The van der Waals surface area contributed by atoms with E-state index in [4.69, 9.17) is 21.1 Å². The Labute approximate surface area is 191 Å². The van der Waals surface area contributed by atoms with E-state index in [0.29, 0.717) is 49.2 Å². The molecule has 0 amide bonds. The third-order valence-electron chi connectivity index (χ3n) is 4.84. The van der Waals surface area contributed by atoms with Crippen molar-refractivity contribution in [1.82, 2.24) is 15.0 Å². The summed E-state index contributed by atoms with van der Waals surface area (Å²) in [6, 6.07) is 13.3. The van der Waals surface area contributed by atoms with Crippen LogP contribution in [0, 0.1) is 6.92 Å². The minimum absolute atomic E-state index is 0.326. The molecule has 4 rings (SSSR count). The molecule has 1 aromatic heterocycles. The maximum atomic E-state index is 6.26. The highest BCUT2D eigenvalue weighted by Gasteiger charge is 2.17. The van der Waals surface area contributed by atoms with Gasteiger partial charge in [-0.25, -0.2) is 5.43 Å². The Hall–Kier alpha value is -3.43. The number of rotatable bonds is 7. The van der Waals surface area contributed by atoms with E-state index in [-0.39, 0.29) is 0 Å². The van der Waals surface area contributed by atoms with Crippen LogP contribution in [0.2, 0.25) is 5.02 Å². The van der Waals surface area contributed by atoms with Gasteiger partial charge in [-0.1, -0.05) is 17.7 Å². The minimum atomic E-state index is 0.326. The Kier molecular flexibility index (Phi) is 6.98. The molecule has 1 fully saturated rings. The second kappa shape index (κ2) is 10.3. The number of halogens is 1. The molecule has 32 heavy (non-hydrogen) atoms. The van der Waals surface area contributed by atoms with Crippen LogP contribution in [0.15, 0.2) is 47.6 Å². The number of hydrogen-bond donors (Lipinski definition) is 2. The van der Waals surface area contributed by atoms with Gasteiger partial charge in [0.1, 0.15) is 5.75 Å². The summed E-state index contributed by atoms with van der Waals surface area (Å²) in [4.78, 5) is 15.6. The van der Waals surface area contributed by atoms with Crippen LogP contribution in [-0.2, 0) is 4.74 Å². The summed E-state index contributed by atoms with van der Waals surface area (Å²) in [6.45, 7) is 4.61. The van der Waals surface area contributed by atoms with Crippen molar-refractivity contribution in [3.05, 3.63) is 58.6 Å². The molecule has 3 aromatic rings. The van der Waals surface area contributed by atoms with Crippen molar-refractivity contribution >= 4 is 41.3 Å². The standard InChI is InChI=1S/C22H24ClN7O2/c1-15-3-6-17(13-19(15)23)25-20-26-21(28-22(27-20)30-9-11-32-12-10-30)29-24-14-16-4-7-18(31-2)8-5-16/h3-8,13-14H,9-12H2,1-2H3,(H2,25,26,27,28,29)/b24-14-. The lowest BCUT2D eigenvalue weighted by atomic mass is 10.2. The van der Waals surface area contributed by atoms with Crippen LogP contribution in [0.4, 0.5) is 23.5 Å². The largest absolute Gasteiger partial charge is 0.497 e. The quantitative estimate of drug-likeness (QED) is 0.411. The van der Waals surface area contributed by atoms with Gasteiger partial charge in [0.05, 0.1) is 26.5 Å². The molecule has 10 heteroatoms. The van der Waals surface area contributed by atoms with Gasteiger partial charge in [-0.15, -0.1) is 0 Å². The normalized spacial score (nSPS) is 13.9. The topological polar surface area (TPSA) is 96.8 Å². The second-order valence-electron chi connectivity index (χ2n) is 7.11. The number of nitrogens with zero attached hydrogens (tertiary/aromatic N) is 5. The number of hydrazone groups is 1. The van der Waals surface area contributed by atoms with Gasteiger partial charge in [0, 0.05) is 23.8 Å². The summed E-state index contributed by atoms with van der Waals surface area (Å²) < 4.78 is 10.6. The zero-order valence-corrected chi connectivity index (χ0v) is 18.6. The smallest absolute Gasteiger partial charge is 0.250 e. The number of anilines is 4. The van der Waals surface area contributed by atoms with E-state index in [1.165, 1.54) is 0 Å². The van der Waals surface area contributed by atoms with Gasteiger partial charge in [0.2, 0.25) is 17.8 Å². The highest BCUT2D eigenvalue weighted by molar-refractivity contribution is 6.31. The predicted molar refractivity (Wildman–Crippen MR) is 127 cm³/mol. The fourth-order valence-corrected chi connectivity index (χ4v) is 3.21. The Balaban J connectivity index is 1.55. The van der Waals surface area contributed by atoms with Crippen LogP contribution in [0.1, 0.15) is 11.1 Å². The highest BCUT2D eigenvalue weighted by atomic mass is 35.5. The van der Waals surface area contributed by atoms with Gasteiger partial charge in [0.25, 0.3) is 0 Å². The molecule has 0 atom stereocenters. The van der Waals surface area contributed by atoms with E-state index in [9.17, 15) is 0 Å². The van der Waals surface area contributed by atoms with Gasteiger partial charge in [-0.2, -0.15) is 20.1 Å². The molecule has 0 aliphatic carbocycles. The number of hydrogen-bond acceptors (Lipinski definition) is 9. The number of methoxy groups -OCH3 is 1. The number of ether oxygens (including phenoxy) is 2. The summed E-state index contributed by atoms with van der Waals surface area (Å²) in [5, 5.41) is 8.14. The van der Waals surface area contributed by atoms with Crippen LogP contribution in [0.25, 0.3) is 0 Å². The predicted octanol–water partition coefficient (Wildman–Crippen LogP) is 3.87. The summed E-state index contributed by atoms with van der Waals surface area (Å²) in [6.07, 6.45) is 1.69. The first-order valence-electron chi connectivity index (χ1n) is 10.2. The highest BCUT2D eigenvalue weighted by Crippen LogP contribution is 2.23. The summed E-state index contributed by atoms with van der Waals surface area (Å²) in [5.41, 5.74) is 5.59. The van der Waals surface area contributed by atoms with Gasteiger partial charge in [0.15, 0.2) is 0 Å². The third-order valence-corrected chi connectivity index (χ3v) is 5.25. The molecule has 0 spiro atoms.